The zero-order chi connectivity index (χ0) is 19.9. The number of methoxy groups -OCH3 is 1. The molecule has 1 aromatic heterocycles. The van der Waals surface area contributed by atoms with Gasteiger partial charge in [-0.15, -0.1) is 0 Å². The fourth-order valence-electron chi connectivity index (χ4n) is 3.11. The Balaban J connectivity index is 1.63. The number of aromatic nitrogens is 2. The van der Waals surface area contributed by atoms with E-state index in [0.29, 0.717) is 24.1 Å². The van der Waals surface area contributed by atoms with Crippen LogP contribution in [0.2, 0.25) is 0 Å². The molecule has 152 valence electrons. The number of aryl methyl sites for hydroxylation is 1. The Morgan fingerprint density at radius 3 is 2.57 bits per heavy atom. The lowest BCUT2D eigenvalue weighted by molar-refractivity contribution is 0.133. The minimum absolute atomic E-state index is 0.540. The third-order valence-corrected chi connectivity index (χ3v) is 4.79. The molecule has 1 saturated heterocycles. The molecule has 3 rings (SSSR count). The van der Waals surface area contributed by atoms with Crippen LogP contribution in [0.3, 0.4) is 0 Å². The van der Waals surface area contributed by atoms with E-state index in [0.717, 1.165) is 49.9 Å². The predicted octanol–water partition coefficient (Wildman–Crippen LogP) is 2.21. The molecule has 0 radical (unpaired) electrons. The van der Waals surface area contributed by atoms with E-state index >= 15 is 0 Å². The van der Waals surface area contributed by atoms with Gasteiger partial charge in [0.1, 0.15) is 12.4 Å². The molecule has 0 amide bonds. The second-order valence-corrected chi connectivity index (χ2v) is 6.95. The predicted molar refractivity (Wildman–Crippen MR) is 112 cm³/mol. The minimum atomic E-state index is 0.540. The van der Waals surface area contributed by atoms with Gasteiger partial charge in [-0.1, -0.05) is 0 Å². The molecule has 1 aliphatic rings. The van der Waals surface area contributed by atoms with Gasteiger partial charge < -0.3 is 25.0 Å². The Morgan fingerprint density at radius 2 is 1.86 bits per heavy atom. The topological polar surface area (TPSA) is 74.8 Å². The van der Waals surface area contributed by atoms with E-state index in [-0.39, 0.29) is 0 Å². The number of rotatable bonds is 8. The number of piperazine rings is 1. The van der Waals surface area contributed by atoms with Gasteiger partial charge >= 0.3 is 0 Å². The van der Waals surface area contributed by atoms with Crippen molar-refractivity contribution in [2.75, 3.05) is 71.2 Å². The standard InChI is InChI=1S/C20H30N6O2/c1-15-13-19(21-2)24-20(22-15)23-16-5-6-17(27-4)18(14-16)28-12-11-26-9-7-25(3)8-10-26/h5-6,13-14H,7-12H2,1-4H3,(H2,21,22,23,24). The Kier molecular flexibility index (Phi) is 6.89. The molecular formula is C20H30N6O2. The Morgan fingerprint density at radius 1 is 1.07 bits per heavy atom. The van der Waals surface area contributed by atoms with Crippen molar-refractivity contribution in [3.05, 3.63) is 30.0 Å². The summed E-state index contributed by atoms with van der Waals surface area (Å²) in [5, 5.41) is 6.28. The van der Waals surface area contributed by atoms with Gasteiger partial charge in [0.15, 0.2) is 11.5 Å². The number of ether oxygens (including phenoxy) is 2. The molecule has 1 aromatic carbocycles. The Labute approximate surface area is 166 Å². The van der Waals surface area contributed by atoms with Crippen molar-refractivity contribution < 1.29 is 9.47 Å². The van der Waals surface area contributed by atoms with Gasteiger partial charge in [-0.2, -0.15) is 4.98 Å². The highest BCUT2D eigenvalue weighted by atomic mass is 16.5. The number of hydrogen-bond acceptors (Lipinski definition) is 8. The lowest BCUT2D eigenvalue weighted by Gasteiger charge is -2.32. The van der Waals surface area contributed by atoms with E-state index in [1.54, 1.807) is 7.11 Å². The van der Waals surface area contributed by atoms with Gasteiger partial charge in [0, 0.05) is 63.3 Å². The van der Waals surface area contributed by atoms with Crippen LogP contribution in [0.4, 0.5) is 17.5 Å². The molecule has 2 N–H and O–H groups in total. The number of nitrogens with zero attached hydrogens (tertiary/aromatic N) is 4. The van der Waals surface area contributed by atoms with Crippen molar-refractivity contribution >= 4 is 17.5 Å². The first-order valence-electron chi connectivity index (χ1n) is 9.59. The molecule has 0 unspecified atom stereocenters. The fraction of sp³-hybridized carbons (Fsp3) is 0.500. The van der Waals surface area contributed by atoms with Crippen molar-refractivity contribution in [3.63, 3.8) is 0 Å². The molecule has 8 heteroatoms. The number of hydrogen-bond donors (Lipinski definition) is 2. The van der Waals surface area contributed by atoms with Crippen LogP contribution in [-0.2, 0) is 0 Å². The fourth-order valence-corrected chi connectivity index (χ4v) is 3.11. The van der Waals surface area contributed by atoms with Crippen molar-refractivity contribution in [1.29, 1.82) is 0 Å². The molecule has 0 saturated carbocycles. The number of anilines is 3. The highest BCUT2D eigenvalue weighted by molar-refractivity contribution is 5.60. The molecule has 2 aromatic rings. The van der Waals surface area contributed by atoms with E-state index < -0.39 is 0 Å². The monoisotopic (exact) mass is 386 g/mol. The summed E-state index contributed by atoms with van der Waals surface area (Å²) >= 11 is 0. The first-order chi connectivity index (χ1) is 13.6. The normalized spacial score (nSPS) is 15.3. The number of nitrogens with one attached hydrogen (secondary N) is 2. The van der Waals surface area contributed by atoms with Crippen LogP contribution in [0.1, 0.15) is 5.69 Å². The van der Waals surface area contributed by atoms with Crippen molar-refractivity contribution in [1.82, 2.24) is 19.8 Å². The van der Waals surface area contributed by atoms with Crippen LogP contribution in [0.25, 0.3) is 0 Å². The number of likely N-dealkylation sites (N-methyl/N-ethyl adjacent to an activating group) is 1. The average molecular weight is 387 g/mol. The highest BCUT2D eigenvalue weighted by Crippen LogP contribution is 2.31. The highest BCUT2D eigenvalue weighted by Gasteiger charge is 2.14. The maximum atomic E-state index is 6.03. The summed E-state index contributed by atoms with van der Waals surface area (Å²) in [6.07, 6.45) is 0. The Hall–Kier alpha value is -2.58. The van der Waals surface area contributed by atoms with Crippen LogP contribution >= 0.6 is 0 Å². The van der Waals surface area contributed by atoms with Crippen LogP contribution in [0, 0.1) is 6.92 Å². The van der Waals surface area contributed by atoms with Gasteiger partial charge in [-0.25, -0.2) is 4.98 Å². The van der Waals surface area contributed by atoms with E-state index in [9.17, 15) is 0 Å². The van der Waals surface area contributed by atoms with Gasteiger partial charge in [-0.3, -0.25) is 4.90 Å². The third-order valence-electron chi connectivity index (χ3n) is 4.79. The largest absolute Gasteiger partial charge is 0.493 e. The first kappa shape index (κ1) is 20.2. The lowest BCUT2D eigenvalue weighted by atomic mass is 10.2. The second kappa shape index (κ2) is 9.57. The van der Waals surface area contributed by atoms with Crippen LogP contribution in [0.15, 0.2) is 24.3 Å². The summed E-state index contributed by atoms with van der Waals surface area (Å²) in [4.78, 5) is 13.6. The lowest BCUT2D eigenvalue weighted by Crippen LogP contribution is -2.45. The van der Waals surface area contributed by atoms with E-state index in [2.05, 4.69) is 37.4 Å². The average Bonchev–Trinajstić information content (AvgIpc) is 2.69. The smallest absolute Gasteiger partial charge is 0.229 e. The summed E-state index contributed by atoms with van der Waals surface area (Å²) in [6, 6.07) is 7.64. The molecular weight excluding hydrogens is 356 g/mol. The van der Waals surface area contributed by atoms with Crippen molar-refractivity contribution in [2.24, 2.45) is 0 Å². The van der Waals surface area contributed by atoms with E-state index in [1.165, 1.54) is 0 Å². The van der Waals surface area contributed by atoms with Crippen LogP contribution in [-0.4, -0.2) is 80.3 Å². The van der Waals surface area contributed by atoms with Crippen LogP contribution < -0.4 is 20.1 Å². The molecule has 2 heterocycles. The molecule has 1 fully saturated rings. The van der Waals surface area contributed by atoms with Crippen molar-refractivity contribution in [3.8, 4) is 11.5 Å². The van der Waals surface area contributed by atoms with Crippen LogP contribution in [0.5, 0.6) is 11.5 Å². The maximum Gasteiger partial charge on any atom is 0.229 e. The van der Waals surface area contributed by atoms with Gasteiger partial charge in [0.05, 0.1) is 7.11 Å². The summed E-state index contributed by atoms with van der Waals surface area (Å²) in [7, 11) is 5.65. The first-order valence-corrected chi connectivity index (χ1v) is 9.59. The minimum Gasteiger partial charge on any atom is -0.493 e. The van der Waals surface area contributed by atoms with Gasteiger partial charge in [-0.05, 0) is 26.1 Å². The summed E-state index contributed by atoms with van der Waals surface area (Å²) in [5.41, 5.74) is 1.74. The molecule has 0 bridgehead atoms. The molecule has 0 spiro atoms. The van der Waals surface area contributed by atoms with E-state index in [1.807, 2.05) is 38.2 Å². The molecule has 8 nitrogen and oxygen atoms in total. The molecule has 1 aliphatic heterocycles. The molecule has 28 heavy (non-hydrogen) atoms. The SMILES string of the molecule is CNc1cc(C)nc(Nc2ccc(OC)c(OCCN3CCN(C)CC3)c2)n1. The summed E-state index contributed by atoms with van der Waals surface area (Å²) in [6.45, 7) is 7.83. The quantitative estimate of drug-likeness (QED) is 0.715. The summed E-state index contributed by atoms with van der Waals surface area (Å²) in [5.74, 6) is 2.73. The van der Waals surface area contributed by atoms with Gasteiger partial charge in [0.25, 0.3) is 0 Å². The molecule has 0 atom stereocenters. The zero-order valence-electron chi connectivity index (χ0n) is 17.2. The van der Waals surface area contributed by atoms with E-state index in [4.69, 9.17) is 9.47 Å². The molecule has 0 aliphatic carbocycles. The number of benzene rings is 1. The maximum absolute atomic E-state index is 6.03. The second-order valence-electron chi connectivity index (χ2n) is 6.95. The van der Waals surface area contributed by atoms with Crippen molar-refractivity contribution in [2.45, 2.75) is 6.92 Å². The van der Waals surface area contributed by atoms with Gasteiger partial charge in [0.2, 0.25) is 5.95 Å². The zero-order valence-corrected chi connectivity index (χ0v) is 17.2. The summed E-state index contributed by atoms with van der Waals surface area (Å²) < 4.78 is 11.5. The Bertz CT molecular complexity index is 777. The third kappa shape index (κ3) is 5.46.